The number of nitrogens with two attached hydrogens (primary N) is 1. The van der Waals surface area contributed by atoms with Gasteiger partial charge in [-0.2, -0.15) is 0 Å². The van der Waals surface area contributed by atoms with E-state index in [0.717, 1.165) is 5.06 Å². The molecule has 0 amide bonds. The predicted molar refractivity (Wildman–Crippen MR) is 37.1 cm³/mol. The molecule has 0 saturated carbocycles. The van der Waals surface area contributed by atoms with Crippen molar-refractivity contribution >= 4 is 11.3 Å². The lowest BCUT2D eigenvalue weighted by molar-refractivity contribution is 0.294. The first-order valence-electron chi connectivity index (χ1n) is 2.53. The summed E-state index contributed by atoms with van der Waals surface area (Å²) >= 11 is 1.55. The van der Waals surface area contributed by atoms with Gasteiger partial charge in [0.2, 0.25) is 0 Å². The number of rotatable bonds is 3. The number of nitrogens with one attached hydrogen (secondary N) is 1. The van der Waals surface area contributed by atoms with E-state index in [1.165, 1.54) is 0 Å². The molecule has 50 valence electrons. The highest BCUT2D eigenvalue weighted by Gasteiger charge is 1.88. The summed E-state index contributed by atoms with van der Waals surface area (Å²) in [7, 11) is 0. The first-order valence-corrected chi connectivity index (χ1v) is 3.41. The van der Waals surface area contributed by atoms with E-state index in [1.807, 2.05) is 17.5 Å². The van der Waals surface area contributed by atoms with E-state index < -0.39 is 0 Å². The second-order valence-corrected chi connectivity index (χ2v) is 2.34. The van der Waals surface area contributed by atoms with Gasteiger partial charge in [0.15, 0.2) is 11.8 Å². The highest BCUT2D eigenvalue weighted by molar-refractivity contribution is 7.11. The SMILES string of the molecule is NNCOc1cccs1. The molecule has 3 nitrogen and oxygen atoms in total. The maximum Gasteiger partial charge on any atom is 0.175 e. The van der Waals surface area contributed by atoms with Gasteiger partial charge in [0.25, 0.3) is 0 Å². The summed E-state index contributed by atoms with van der Waals surface area (Å²) < 4.78 is 5.08. The van der Waals surface area contributed by atoms with E-state index in [0.29, 0.717) is 6.73 Å². The summed E-state index contributed by atoms with van der Waals surface area (Å²) in [6.45, 7) is 0.362. The average Bonchev–Trinajstić information content (AvgIpc) is 2.34. The van der Waals surface area contributed by atoms with Crippen molar-refractivity contribution in [3.8, 4) is 5.06 Å². The standard InChI is InChI=1S/C5H8N2OS/c6-7-4-8-5-2-1-3-9-5/h1-3,7H,4,6H2. The van der Waals surface area contributed by atoms with Gasteiger partial charge in [0.05, 0.1) is 0 Å². The van der Waals surface area contributed by atoms with Crippen molar-refractivity contribution in [3.63, 3.8) is 0 Å². The minimum Gasteiger partial charge on any atom is -0.468 e. The summed E-state index contributed by atoms with van der Waals surface area (Å²) in [5.41, 5.74) is 2.39. The molecule has 0 bridgehead atoms. The maximum absolute atomic E-state index is 5.08. The summed E-state index contributed by atoms with van der Waals surface area (Å²) in [6.07, 6.45) is 0. The zero-order chi connectivity index (χ0) is 6.53. The molecule has 1 aromatic rings. The molecular formula is C5H8N2OS. The van der Waals surface area contributed by atoms with E-state index >= 15 is 0 Å². The van der Waals surface area contributed by atoms with Crippen molar-refractivity contribution in [1.29, 1.82) is 0 Å². The van der Waals surface area contributed by atoms with Crippen LogP contribution < -0.4 is 16.0 Å². The normalized spacial score (nSPS) is 9.44. The molecule has 0 aliphatic heterocycles. The van der Waals surface area contributed by atoms with E-state index in [2.05, 4.69) is 5.43 Å². The molecule has 0 aliphatic carbocycles. The van der Waals surface area contributed by atoms with Crippen molar-refractivity contribution in [3.05, 3.63) is 17.5 Å². The van der Waals surface area contributed by atoms with Gasteiger partial charge < -0.3 is 4.74 Å². The third-order valence-corrected chi connectivity index (χ3v) is 1.57. The Hall–Kier alpha value is -0.580. The van der Waals surface area contributed by atoms with Crippen molar-refractivity contribution in [2.45, 2.75) is 0 Å². The summed E-state index contributed by atoms with van der Waals surface area (Å²) in [5, 5.41) is 2.83. The first-order chi connectivity index (χ1) is 4.43. The Morgan fingerprint density at radius 1 is 1.78 bits per heavy atom. The molecule has 3 N–H and O–H groups in total. The van der Waals surface area contributed by atoms with E-state index in [4.69, 9.17) is 10.6 Å². The second kappa shape index (κ2) is 3.45. The fraction of sp³-hybridized carbons (Fsp3) is 0.200. The van der Waals surface area contributed by atoms with E-state index in [-0.39, 0.29) is 0 Å². The average molecular weight is 144 g/mol. The van der Waals surface area contributed by atoms with Gasteiger partial charge in [-0.05, 0) is 17.5 Å². The molecule has 1 rings (SSSR count). The number of hydrogen-bond donors (Lipinski definition) is 2. The Balaban J connectivity index is 2.30. The van der Waals surface area contributed by atoms with Crippen LogP contribution in [0.25, 0.3) is 0 Å². The molecule has 4 heteroatoms. The molecule has 0 saturated heterocycles. The number of hydrogen-bond acceptors (Lipinski definition) is 4. The van der Waals surface area contributed by atoms with E-state index in [1.54, 1.807) is 11.3 Å². The van der Waals surface area contributed by atoms with Crippen molar-refractivity contribution < 1.29 is 4.74 Å². The van der Waals surface area contributed by atoms with Crippen LogP contribution in [0.1, 0.15) is 0 Å². The fourth-order valence-corrected chi connectivity index (χ4v) is 1.03. The molecular weight excluding hydrogens is 136 g/mol. The van der Waals surface area contributed by atoms with Crippen LogP contribution in [0.3, 0.4) is 0 Å². The molecule has 0 fully saturated rings. The van der Waals surface area contributed by atoms with Crippen LogP contribution in [0.4, 0.5) is 0 Å². The largest absolute Gasteiger partial charge is 0.468 e. The van der Waals surface area contributed by atoms with Crippen molar-refractivity contribution in [1.82, 2.24) is 5.43 Å². The first kappa shape index (κ1) is 6.54. The summed E-state index contributed by atoms with van der Waals surface area (Å²) in [6, 6.07) is 3.82. The van der Waals surface area contributed by atoms with E-state index in [9.17, 15) is 0 Å². The highest BCUT2D eigenvalue weighted by Crippen LogP contribution is 2.16. The van der Waals surface area contributed by atoms with Crippen molar-refractivity contribution in [2.75, 3.05) is 6.73 Å². The third kappa shape index (κ3) is 2.01. The van der Waals surface area contributed by atoms with Gasteiger partial charge in [0.1, 0.15) is 0 Å². The minimum atomic E-state index is 0.362. The fourth-order valence-electron chi connectivity index (χ4n) is 0.458. The molecule has 0 atom stereocenters. The maximum atomic E-state index is 5.08. The lowest BCUT2D eigenvalue weighted by Gasteiger charge is -1.98. The molecule has 0 radical (unpaired) electrons. The molecule has 0 aliphatic rings. The molecule has 0 spiro atoms. The van der Waals surface area contributed by atoms with Gasteiger partial charge >= 0.3 is 0 Å². The monoisotopic (exact) mass is 144 g/mol. The Morgan fingerprint density at radius 3 is 3.22 bits per heavy atom. The summed E-state index contributed by atoms with van der Waals surface area (Å²) in [5.74, 6) is 4.97. The smallest absolute Gasteiger partial charge is 0.175 e. The Labute approximate surface area is 57.4 Å². The molecule has 0 aromatic carbocycles. The van der Waals surface area contributed by atoms with Crippen molar-refractivity contribution in [2.24, 2.45) is 5.84 Å². The number of thiophene rings is 1. The van der Waals surface area contributed by atoms with Crippen LogP contribution in [0.15, 0.2) is 17.5 Å². The van der Waals surface area contributed by atoms with Gasteiger partial charge in [-0.15, -0.1) is 11.3 Å². The molecule has 1 aromatic heterocycles. The Morgan fingerprint density at radius 2 is 2.67 bits per heavy atom. The van der Waals surface area contributed by atoms with Crippen LogP contribution in [0, 0.1) is 0 Å². The number of ether oxygens (including phenoxy) is 1. The molecule has 1 heterocycles. The lowest BCUT2D eigenvalue weighted by Crippen LogP contribution is -2.26. The zero-order valence-electron chi connectivity index (χ0n) is 4.83. The van der Waals surface area contributed by atoms with Crippen LogP contribution in [-0.2, 0) is 0 Å². The lowest BCUT2D eigenvalue weighted by atomic mass is 10.7. The summed E-state index contributed by atoms with van der Waals surface area (Å²) in [4.78, 5) is 0. The van der Waals surface area contributed by atoms with Gasteiger partial charge in [-0.3, -0.25) is 5.84 Å². The van der Waals surface area contributed by atoms with Crippen LogP contribution in [0.2, 0.25) is 0 Å². The zero-order valence-corrected chi connectivity index (χ0v) is 5.65. The van der Waals surface area contributed by atoms with Crippen LogP contribution in [-0.4, -0.2) is 6.73 Å². The molecule has 0 unspecified atom stereocenters. The van der Waals surface area contributed by atoms with Gasteiger partial charge in [0, 0.05) is 0 Å². The van der Waals surface area contributed by atoms with Crippen LogP contribution in [0.5, 0.6) is 5.06 Å². The Bertz CT molecular complexity index is 152. The minimum absolute atomic E-state index is 0.362. The number of hydrazine groups is 1. The third-order valence-electron chi connectivity index (χ3n) is 0.793. The second-order valence-electron chi connectivity index (χ2n) is 1.42. The Kier molecular flexibility index (Phi) is 2.50. The topological polar surface area (TPSA) is 47.3 Å². The molecule has 9 heavy (non-hydrogen) atoms. The van der Waals surface area contributed by atoms with Gasteiger partial charge in [-0.1, -0.05) is 0 Å². The highest BCUT2D eigenvalue weighted by atomic mass is 32.1. The van der Waals surface area contributed by atoms with Crippen LogP contribution >= 0.6 is 11.3 Å². The predicted octanol–water partition coefficient (Wildman–Crippen LogP) is 0.548. The van der Waals surface area contributed by atoms with Gasteiger partial charge in [-0.25, -0.2) is 5.43 Å². The quantitative estimate of drug-likeness (QED) is 0.370.